The molecule has 0 aliphatic carbocycles. The van der Waals surface area contributed by atoms with E-state index in [1.165, 1.54) is 19.3 Å². The summed E-state index contributed by atoms with van der Waals surface area (Å²) in [6.07, 6.45) is 5.27. The van der Waals surface area contributed by atoms with E-state index >= 15 is 0 Å². The van der Waals surface area contributed by atoms with Crippen LogP contribution >= 0.6 is 0 Å². The third-order valence-corrected chi connectivity index (χ3v) is 6.19. The summed E-state index contributed by atoms with van der Waals surface area (Å²) >= 11 is 0. The van der Waals surface area contributed by atoms with Crippen molar-refractivity contribution in [2.45, 2.75) is 30.2 Å². The van der Waals surface area contributed by atoms with Gasteiger partial charge in [0.1, 0.15) is 11.6 Å². The summed E-state index contributed by atoms with van der Waals surface area (Å²) in [5, 5.41) is 0. The number of nitrogens with zero attached hydrogens (tertiary/aromatic N) is 2. The van der Waals surface area contributed by atoms with Gasteiger partial charge >= 0.3 is 0 Å². The van der Waals surface area contributed by atoms with Crippen LogP contribution in [0.25, 0.3) is 0 Å². The van der Waals surface area contributed by atoms with E-state index in [0.717, 1.165) is 18.8 Å². The van der Waals surface area contributed by atoms with Gasteiger partial charge in [0, 0.05) is 5.56 Å². The van der Waals surface area contributed by atoms with Gasteiger partial charge in [0.2, 0.25) is 0 Å². The van der Waals surface area contributed by atoms with Crippen molar-refractivity contribution in [2.24, 2.45) is 4.99 Å². The van der Waals surface area contributed by atoms with Gasteiger partial charge in [0.05, 0.1) is 23.7 Å². The minimum Gasteiger partial charge on any atom is -0.468 e. The second kappa shape index (κ2) is 6.65. The van der Waals surface area contributed by atoms with Crippen LogP contribution in [0.2, 0.25) is 0 Å². The molecule has 0 bridgehead atoms. The van der Waals surface area contributed by atoms with Gasteiger partial charge in [-0.25, -0.2) is 8.42 Å². The third kappa shape index (κ3) is 3.21. The summed E-state index contributed by atoms with van der Waals surface area (Å²) in [5.41, 5.74) is 0.638. The Balaban J connectivity index is 1.62. The van der Waals surface area contributed by atoms with Gasteiger partial charge in [-0.05, 0) is 50.2 Å². The number of hydrogen-bond donors (Lipinski definition) is 1. The van der Waals surface area contributed by atoms with Crippen molar-refractivity contribution in [3.8, 4) is 0 Å². The highest BCUT2D eigenvalue weighted by atomic mass is 32.2. The molecule has 7 heteroatoms. The zero-order chi connectivity index (χ0) is 17.3. The first-order chi connectivity index (χ1) is 12.1. The van der Waals surface area contributed by atoms with Gasteiger partial charge in [-0.3, -0.25) is 14.6 Å². The fraction of sp³-hybridized carbons (Fsp3) is 0.389. The zero-order valence-corrected chi connectivity index (χ0v) is 14.7. The Labute approximate surface area is 147 Å². The van der Waals surface area contributed by atoms with Crippen LogP contribution in [-0.2, 0) is 10.0 Å². The number of hydrogen-bond acceptors (Lipinski definition) is 5. The quantitative estimate of drug-likeness (QED) is 0.910. The molecule has 1 N–H and O–H groups in total. The van der Waals surface area contributed by atoms with Crippen LogP contribution in [0, 0.1) is 0 Å². The van der Waals surface area contributed by atoms with Crippen LogP contribution in [0.1, 0.15) is 36.6 Å². The Hall–Kier alpha value is -2.12. The summed E-state index contributed by atoms with van der Waals surface area (Å²) in [4.78, 5) is 7.29. The number of fused-ring (bicyclic) bond motifs is 1. The van der Waals surface area contributed by atoms with Crippen molar-refractivity contribution in [1.29, 1.82) is 0 Å². The number of amidine groups is 1. The van der Waals surface area contributed by atoms with E-state index in [4.69, 9.17) is 4.42 Å². The first kappa shape index (κ1) is 16.4. The molecule has 1 saturated heterocycles. The van der Waals surface area contributed by atoms with Crippen LogP contribution in [0.4, 0.5) is 0 Å². The molecule has 0 saturated carbocycles. The van der Waals surface area contributed by atoms with Crippen molar-refractivity contribution >= 4 is 15.9 Å². The highest BCUT2D eigenvalue weighted by Gasteiger charge is 2.31. The third-order valence-electron chi connectivity index (χ3n) is 4.79. The molecule has 1 atom stereocenters. The topological polar surface area (TPSA) is 74.9 Å². The minimum absolute atomic E-state index is 0.0278. The van der Waals surface area contributed by atoms with Crippen molar-refractivity contribution in [1.82, 2.24) is 9.62 Å². The van der Waals surface area contributed by atoms with E-state index in [-0.39, 0.29) is 6.04 Å². The van der Waals surface area contributed by atoms with Crippen LogP contribution in [0.3, 0.4) is 0 Å². The molecule has 2 aliphatic rings. The molecule has 0 unspecified atom stereocenters. The Bertz CT molecular complexity index is 869. The molecule has 2 aromatic rings. The molecule has 0 radical (unpaired) electrons. The SMILES string of the molecule is O=S1(=O)NC(=NC[C@@H](c2ccco2)N2CCCCC2)c2ccccc21. The van der Waals surface area contributed by atoms with Gasteiger partial charge < -0.3 is 4.42 Å². The van der Waals surface area contributed by atoms with E-state index in [2.05, 4.69) is 14.6 Å². The number of furan rings is 1. The van der Waals surface area contributed by atoms with Crippen LogP contribution < -0.4 is 4.72 Å². The van der Waals surface area contributed by atoms with E-state index in [1.807, 2.05) is 18.2 Å². The maximum Gasteiger partial charge on any atom is 0.263 e. The Morgan fingerprint density at radius 3 is 2.68 bits per heavy atom. The molecule has 1 aromatic carbocycles. The highest BCUT2D eigenvalue weighted by molar-refractivity contribution is 7.90. The van der Waals surface area contributed by atoms with Crippen LogP contribution in [-0.4, -0.2) is 38.8 Å². The van der Waals surface area contributed by atoms with Crippen molar-refractivity contribution in [3.05, 3.63) is 54.0 Å². The Morgan fingerprint density at radius 1 is 1.12 bits per heavy atom. The summed E-state index contributed by atoms with van der Waals surface area (Å²) in [6, 6.07) is 10.8. The average molecular weight is 359 g/mol. The summed E-state index contributed by atoms with van der Waals surface area (Å²) in [7, 11) is -3.50. The number of nitrogens with one attached hydrogen (secondary N) is 1. The molecule has 0 amide bonds. The molecular formula is C18H21N3O3S. The smallest absolute Gasteiger partial charge is 0.263 e. The predicted molar refractivity (Wildman–Crippen MR) is 95.0 cm³/mol. The highest BCUT2D eigenvalue weighted by Crippen LogP contribution is 2.27. The minimum atomic E-state index is -3.50. The summed E-state index contributed by atoms with van der Waals surface area (Å²) in [6.45, 7) is 2.48. The molecule has 2 aliphatic heterocycles. The summed E-state index contributed by atoms with van der Waals surface area (Å²) in [5.74, 6) is 1.30. The second-order valence-electron chi connectivity index (χ2n) is 6.42. The normalized spacial score (nSPS) is 22.5. The molecule has 132 valence electrons. The van der Waals surface area contributed by atoms with E-state index in [9.17, 15) is 8.42 Å². The van der Waals surface area contributed by atoms with E-state index in [0.29, 0.717) is 22.8 Å². The van der Waals surface area contributed by atoms with E-state index < -0.39 is 10.0 Å². The molecule has 4 rings (SSSR count). The lowest BCUT2D eigenvalue weighted by Gasteiger charge is -2.32. The number of likely N-dealkylation sites (tertiary alicyclic amines) is 1. The van der Waals surface area contributed by atoms with Gasteiger partial charge in [0.15, 0.2) is 0 Å². The van der Waals surface area contributed by atoms with Crippen molar-refractivity contribution in [2.75, 3.05) is 19.6 Å². The number of sulfonamides is 1. The number of piperidine rings is 1. The molecular weight excluding hydrogens is 338 g/mol. The second-order valence-corrected chi connectivity index (χ2v) is 8.07. The predicted octanol–water partition coefficient (Wildman–Crippen LogP) is 2.55. The van der Waals surface area contributed by atoms with Crippen LogP contribution in [0.5, 0.6) is 0 Å². The van der Waals surface area contributed by atoms with Crippen molar-refractivity contribution < 1.29 is 12.8 Å². The lowest BCUT2D eigenvalue weighted by molar-refractivity contribution is 0.150. The zero-order valence-electron chi connectivity index (χ0n) is 13.9. The molecule has 6 nitrogen and oxygen atoms in total. The fourth-order valence-corrected chi connectivity index (χ4v) is 4.78. The van der Waals surface area contributed by atoms with E-state index in [1.54, 1.807) is 24.5 Å². The number of benzene rings is 1. The monoisotopic (exact) mass is 359 g/mol. The van der Waals surface area contributed by atoms with Gasteiger partial charge in [0.25, 0.3) is 10.0 Å². The number of aliphatic imine (C=N–C) groups is 1. The lowest BCUT2D eigenvalue weighted by atomic mass is 10.1. The maximum atomic E-state index is 12.2. The average Bonchev–Trinajstić information content (AvgIpc) is 3.24. The standard InChI is InChI=1S/C18H21N3O3S/c22-25(23)17-9-3-2-7-14(17)18(20-25)19-13-15(16-8-6-12-24-16)21-10-4-1-5-11-21/h2-3,6-9,12,15H,1,4-5,10-11,13H2,(H,19,20)/t15-/m0/s1. The Kier molecular flexibility index (Phi) is 4.35. The molecule has 0 spiro atoms. The summed E-state index contributed by atoms with van der Waals surface area (Å²) < 4.78 is 32.6. The van der Waals surface area contributed by atoms with Gasteiger partial charge in [-0.1, -0.05) is 18.6 Å². The van der Waals surface area contributed by atoms with Gasteiger partial charge in [-0.2, -0.15) is 0 Å². The lowest BCUT2D eigenvalue weighted by Crippen LogP contribution is -2.35. The fourth-order valence-electron chi connectivity index (χ4n) is 3.53. The van der Waals surface area contributed by atoms with Gasteiger partial charge in [-0.15, -0.1) is 0 Å². The maximum absolute atomic E-state index is 12.2. The molecule has 1 aromatic heterocycles. The molecule has 3 heterocycles. The largest absolute Gasteiger partial charge is 0.468 e. The van der Waals surface area contributed by atoms with Crippen molar-refractivity contribution in [3.63, 3.8) is 0 Å². The first-order valence-electron chi connectivity index (χ1n) is 8.59. The number of rotatable bonds is 4. The molecule has 1 fully saturated rings. The van der Waals surface area contributed by atoms with Crippen LogP contribution in [0.15, 0.2) is 57.0 Å². The first-order valence-corrected chi connectivity index (χ1v) is 10.1. The Morgan fingerprint density at radius 2 is 1.92 bits per heavy atom. The molecule has 25 heavy (non-hydrogen) atoms.